The molecule has 0 bridgehead atoms. The summed E-state index contributed by atoms with van der Waals surface area (Å²) in [5.41, 5.74) is 4.47. The first-order chi connectivity index (χ1) is 11.8. The number of benzene rings is 2. The second-order valence-electron chi connectivity index (χ2n) is 5.69. The summed E-state index contributed by atoms with van der Waals surface area (Å²) in [5, 5.41) is 3.98. The molecule has 1 saturated carbocycles. The quantitative estimate of drug-likeness (QED) is 0.629. The molecule has 1 aliphatic carbocycles. The zero-order valence-corrected chi connectivity index (χ0v) is 13.6. The van der Waals surface area contributed by atoms with Gasteiger partial charge in [-0.05, 0) is 42.2 Å². The van der Waals surface area contributed by atoms with E-state index < -0.39 is 0 Å². The lowest BCUT2D eigenvalue weighted by Gasteiger charge is -2.11. The van der Waals surface area contributed by atoms with Crippen molar-refractivity contribution in [1.29, 1.82) is 0 Å². The van der Waals surface area contributed by atoms with Crippen LogP contribution in [0.2, 0.25) is 0 Å². The van der Waals surface area contributed by atoms with E-state index in [9.17, 15) is 4.79 Å². The van der Waals surface area contributed by atoms with E-state index in [1.807, 2.05) is 48.5 Å². The molecule has 0 saturated heterocycles. The fraction of sp³-hybridized carbons (Fsp3) is 0.263. The standard InChI is InChI=1S/C19H20N2O3/c1-23-18-11-15(12-20-21-19(22)16-8-9-16)7-10-17(18)24-13-14-5-3-2-4-6-14/h2-7,10-12,16H,8-9,13H2,1H3,(H,21,22). The van der Waals surface area contributed by atoms with Crippen LogP contribution in [0.3, 0.4) is 0 Å². The SMILES string of the molecule is COc1cc(C=NNC(=O)C2CC2)ccc1OCc1ccccc1. The molecule has 0 heterocycles. The van der Waals surface area contributed by atoms with E-state index >= 15 is 0 Å². The Hall–Kier alpha value is -2.82. The van der Waals surface area contributed by atoms with Gasteiger partial charge in [0, 0.05) is 5.92 Å². The van der Waals surface area contributed by atoms with E-state index in [0.29, 0.717) is 18.1 Å². The molecule has 0 atom stereocenters. The molecular formula is C19H20N2O3. The van der Waals surface area contributed by atoms with Crippen LogP contribution < -0.4 is 14.9 Å². The highest BCUT2D eigenvalue weighted by atomic mass is 16.5. The first-order valence-electron chi connectivity index (χ1n) is 7.94. The number of ether oxygens (including phenoxy) is 2. The number of nitrogens with zero attached hydrogens (tertiary/aromatic N) is 1. The third kappa shape index (κ3) is 4.35. The number of methoxy groups -OCH3 is 1. The molecule has 0 spiro atoms. The van der Waals surface area contributed by atoms with Gasteiger partial charge in [0.15, 0.2) is 11.5 Å². The van der Waals surface area contributed by atoms with E-state index in [4.69, 9.17) is 9.47 Å². The van der Waals surface area contributed by atoms with Gasteiger partial charge in [0.05, 0.1) is 13.3 Å². The topological polar surface area (TPSA) is 59.9 Å². The van der Waals surface area contributed by atoms with Crippen LogP contribution in [0.15, 0.2) is 53.6 Å². The van der Waals surface area contributed by atoms with Crippen LogP contribution in [0.5, 0.6) is 11.5 Å². The van der Waals surface area contributed by atoms with Crippen LogP contribution in [-0.4, -0.2) is 19.2 Å². The van der Waals surface area contributed by atoms with Crippen LogP contribution in [-0.2, 0) is 11.4 Å². The lowest BCUT2D eigenvalue weighted by atomic mass is 10.2. The summed E-state index contributed by atoms with van der Waals surface area (Å²) < 4.78 is 11.2. The molecule has 3 rings (SSSR count). The Bertz CT molecular complexity index is 725. The summed E-state index contributed by atoms with van der Waals surface area (Å²) in [6.07, 6.45) is 3.52. The largest absolute Gasteiger partial charge is 0.493 e. The maximum atomic E-state index is 11.5. The molecule has 0 aromatic heterocycles. The molecule has 0 unspecified atom stereocenters. The zero-order chi connectivity index (χ0) is 16.8. The first kappa shape index (κ1) is 16.1. The van der Waals surface area contributed by atoms with Gasteiger partial charge < -0.3 is 9.47 Å². The lowest BCUT2D eigenvalue weighted by Crippen LogP contribution is -2.18. The minimum atomic E-state index is -0.0129. The van der Waals surface area contributed by atoms with Gasteiger partial charge in [0.25, 0.3) is 0 Å². The maximum absolute atomic E-state index is 11.5. The van der Waals surface area contributed by atoms with Crippen molar-refractivity contribution >= 4 is 12.1 Å². The van der Waals surface area contributed by atoms with Crippen molar-refractivity contribution in [2.24, 2.45) is 11.0 Å². The smallest absolute Gasteiger partial charge is 0.243 e. The summed E-state index contributed by atoms with van der Waals surface area (Å²) in [6.45, 7) is 0.474. The summed E-state index contributed by atoms with van der Waals surface area (Å²) >= 11 is 0. The van der Waals surface area contributed by atoms with E-state index in [2.05, 4.69) is 10.5 Å². The van der Waals surface area contributed by atoms with E-state index in [1.54, 1.807) is 13.3 Å². The monoisotopic (exact) mass is 324 g/mol. The molecule has 1 amide bonds. The van der Waals surface area contributed by atoms with Crippen molar-refractivity contribution in [3.8, 4) is 11.5 Å². The fourth-order valence-corrected chi connectivity index (χ4v) is 2.23. The van der Waals surface area contributed by atoms with Crippen LogP contribution in [0.4, 0.5) is 0 Å². The van der Waals surface area contributed by atoms with Gasteiger partial charge in [-0.3, -0.25) is 4.79 Å². The Labute approximate surface area is 141 Å². The Kier molecular flexibility index (Phi) is 5.11. The van der Waals surface area contributed by atoms with Crippen molar-refractivity contribution in [1.82, 2.24) is 5.43 Å². The van der Waals surface area contributed by atoms with Gasteiger partial charge >= 0.3 is 0 Å². The number of rotatable bonds is 7. The number of nitrogens with one attached hydrogen (secondary N) is 1. The minimum absolute atomic E-state index is 0.0129. The molecule has 2 aromatic rings. The van der Waals surface area contributed by atoms with Gasteiger partial charge in [-0.15, -0.1) is 0 Å². The highest BCUT2D eigenvalue weighted by Gasteiger charge is 2.29. The molecule has 2 aromatic carbocycles. The summed E-state index contributed by atoms with van der Waals surface area (Å²) in [4.78, 5) is 11.5. The van der Waals surface area contributed by atoms with E-state index in [1.165, 1.54) is 0 Å². The van der Waals surface area contributed by atoms with Gasteiger partial charge in [-0.25, -0.2) is 5.43 Å². The van der Waals surface area contributed by atoms with E-state index in [-0.39, 0.29) is 11.8 Å². The van der Waals surface area contributed by atoms with Crippen LogP contribution in [0.1, 0.15) is 24.0 Å². The Morgan fingerprint density at radius 2 is 2.00 bits per heavy atom. The number of carbonyl (C=O) groups is 1. The number of hydrogen-bond acceptors (Lipinski definition) is 4. The Morgan fingerprint density at radius 1 is 1.21 bits per heavy atom. The minimum Gasteiger partial charge on any atom is -0.493 e. The highest BCUT2D eigenvalue weighted by molar-refractivity contribution is 5.84. The normalized spacial score (nSPS) is 13.7. The van der Waals surface area contributed by atoms with Gasteiger partial charge in [-0.1, -0.05) is 30.3 Å². The van der Waals surface area contributed by atoms with Crippen molar-refractivity contribution in [2.75, 3.05) is 7.11 Å². The van der Waals surface area contributed by atoms with Crippen molar-refractivity contribution in [2.45, 2.75) is 19.4 Å². The predicted octanol–water partition coefficient (Wildman–Crippen LogP) is 3.13. The van der Waals surface area contributed by atoms with Crippen molar-refractivity contribution < 1.29 is 14.3 Å². The average molecular weight is 324 g/mol. The second kappa shape index (κ2) is 7.64. The number of hydrazone groups is 1. The summed E-state index contributed by atoms with van der Waals surface area (Å²) in [7, 11) is 1.60. The third-order valence-corrected chi connectivity index (χ3v) is 3.76. The number of amides is 1. The molecule has 1 N–H and O–H groups in total. The van der Waals surface area contributed by atoms with Crippen LogP contribution >= 0.6 is 0 Å². The zero-order valence-electron chi connectivity index (χ0n) is 13.6. The van der Waals surface area contributed by atoms with Crippen LogP contribution in [0.25, 0.3) is 0 Å². The Morgan fingerprint density at radius 3 is 2.71 bits per heavy atom. The fourth-order valence-electron chi connectivity index (χ4n) is 2.23. The van der Waals surface area contributed by atoms with Gasteiger partial charge in [0.1, 0.15) is 6.61 Å². The molecule has 124 valence electrons. The van der Waals surface area contributed by atoms with Crippen LogP contribution in [0, 0.1) is 5.92 Å². The van der Waals surface area contributed by atoms with Gasteiger partial charge in [0.2, 0.25) is 5.91 Å². The second-order valence-corrected chi connectivity index (χ2v) is 5.69. The lowest BCUT2D eigenvalue weighted by molar-refractivity contribution is -0.122. The highest BCUT2D eigenvalue weighted by Crippen LogP contribution is 2.29. The van der Waals surface area contributed by atoms with E-state index in [0.717, 1.165) is 24.0 Å². The molecular weight excluding hydrogens is 304 g/mol. The summed E-state index contributed by atoms with van der Waals surface area (Å²) in [6, 6.07) is 15.5. The van der Waals surface area contributed by atoms with Crippen molar-refractivity contribution in [3.63, 3.8) is 0 Å². The predicted molar refractivity (Wildman–Crippen MR) is 92.2 cm³/mol. The molecule has 1 fully saturated rings. The first-order valence-corrected chi connectivity index (χ1v) is 7.94. The maximum Gasteiger partial charge on any atom is 0.243 e. The van der Waals surface area contributed by atoms with Gasteiger partial charge in [-0.2, -0.15) is 5.10 Å². The van der Waals surface area contributed by atoms with Crippen molar-refractivity contribution in [3.05, 3.63) is 59.7 Å². The molecule has 5 heteroatoms. The molecule has 24 heavy (non-hydrogen) atoms. The number of hydrogen-bond donors (Lipinski definition) is 1. The Balaban J connectivity index is 1.61. The number of carbonyl (C=O) groups excluding carboxylic acids is 1. The molecule has 0 radical (unpaired) electrons. The molecule has 5 nitrogen and oxygen atoms in total. The molecule has 1 aliphatic rings. The average Bonchev–Trinajstić information content (AvgIpc) is 3.46. The third-order valence-electron chi connectivity index (χ3n) is 3.76. The summed E-state index contributed by atoms with van der Waals surface area (Å²) in [5.74, 6) is 1.43. The molecule has 0 aliphatic heterocycles.